The zero-order valence-corrected chi connectivity index (χ0v) is 12.9. The van der Waals surface area contributed by atoms with Crippen LogP contribution in [0.5, 0.6) is 0 Å². The van der Waals surface area contributed by atoms with Gasteiger partial charge in [-0.1, -0.05) is 50.1 Å². The van der Waals surface area contributed by atoms with E-state index >= 15 is 0 Å². The van der Waals surface area contributed by atoms with Crippen molar-refractivity contribution >= 4 is 0 Å². The van der Waals surface area contributed by atoms with Crippen molar-refractivity contribution in [3.63, 3.8) is 0 Å². The summed E-state index contributed by atoms with van der Waals surface area (Å²) in [6.07, 6.45) is 5.49. The molecule has 0 heterocycles. The number of quaternary nitrogens is 1. The molecule has 0 saturated carbocycles. The first kappa shape index (κ1) is 18.1. The second-order valence-electron chi connectivity index (χ2n) is 5.40. The summed E-state index contributed by atoms with van der Waals surface area (Å²) < 4.78 is 1.24. The van der Waals surface area contributed by atoms with E-state index in [4.69, 9.17) is 0 Å². The smallest absolute Gasteiger partial charge is 0.104 e. The topological polar surface area (TPSA) is 30.0 Å². The van der Waals surface area contributed by atoms with Crippen LogP contribution >= 0.6 is 0 Å². The molecule has 1 aromatic rings. The van der Waals surface area contributed by atoms with Gasteiger partial charge < -0.3 is 9.96 Å². The second kappa shape index (κ2) is 9.99. The Labute approximate surface area is 119 Å². The number of benzene rings is 1. The highest BCUT2D eigenvalue weighted by molar-refractivity contribution is 5.13. The third kappa shape index (κ3) is 6.22. The lowest BCUT2D eigenvalue weighted by molar-refractivity contribution is -0.938. The van der Waals surface area contributed by atoms with Gasteiger partial charge in [-0.25, -0.2) is 0 Å². The predicted molar refractivity (Wildman–Crippen MR) is 82.4 cm³/mol. The molecule has 1 N–H and O–H groups in total. The summed E-state index contributed by atoms with van der Waals surface area (Å²) in [5.41, 5.74) is 1.48. The molecule has 0 unspecified atom stereocenters. The maximum Gasteiger partial charge on any atom is 0.104 e. The van der Waals surface area contributed by atoms with Crippen molar-refractivity contribution in [3.05, 3.63) is 35.9 Å². The van der Waals surface area contributed by atoms with Crippen molar-refractivity contribution in [2.24, 2.45) is 0 Å². The molecular formula is C17H31NO. The van der Waals surface area contributed by atoms with E-state index in [0.717, 1.165) is 0 Å². The molecule has 0 aromatic heterocycles. The molecule has 1 aromatic carbocycles. The molecule has 0 amide bonds. The predicted octanol–water partition coefficient (Wildman–Crippen LogP) is 4.45. The number of rotatable bonds is 9. The van der Waals surface area contributed by atoms with Crippen molar-refractivity contribution in [1.82, 2.24) is 0 Å². The van der Waals surface area contributed by atoms with Crippen LogP contribution in [0.25, 0.3) is 0 Å². The molecule has 0 radical (unpaired) electrons. The highest BCUT2D eigenvalue weighted by Gasteiger charge is 2.22. The van der Waals surface area contributed by atoms with E-state index in [-0.39, 0.29) is 5.48 Å². The lowest BCUT2D eigenvalue weighted by Gasteiger charge is -2.37. The number of nitrogens with zero attached hydrogens (tertiary/aromatic N) is 1. The molecule has 0 aliphatic heterocycles. The Morgan fingerprint density at radius 2 is 1.47 bits per heavy atom. The first-order chi connectivity index (χ1) is 8.76. The normalized spacial score (nSPS) is 11.1. The molecule has 0 spiro atoms. The van der Waals surface area contributed by atoms with E-state index in [1.807, 2.05) is 0 Å². The Balaban J connectivity index is 0.00000324. The Bertz CT molecular complexity index is 306. The first-order valence-corrected chi connectivity index (χ1v) is 7.65. The van der Waals surface area contributed by atoms with Gasteiger partial charge in [0, 0.05) is 5.56 Å². The van der Waals surface area contributed by atoms with Crippen LogP contribution in [0.15, 0.2) is 30.3 Å². The zero-order valence-electron chi connectivity index (χ0n) is 12.9. The van der Waals surface area contributed by atoms with Gasteiger partial charge in [0.1, 0.15) is 6.54 Å². The van der Waals surface area contributed by atoms with Crippen molar-refractivity contribution in [2.45, 2.75) is 53.0 Å². The molecule has 19 heavy (non-hydrogen) atoms. The third-order valence-corrected chi connectivity index (χ3v) is 4.19. The number of hydrogen-bond donors (Lipinski definition) is 0. The van der Waals surface area contributed by atoms with Crippen LogP contribution in [-0.2, 0) is 6.54 Å². The van der Waals surface area contributed by atoms with Gasteiger partial charge in [-0.15, -0.1) is 0 Å². The van der Waals surface area contributed by atoms with Crippen LogP contribution in [-0.4, -0.2) is 29.6 Å². The second-order valence-corrected chi connectivity index (χ2v) is 5.40. The largest absolute Gasteiger partial charge is 0.870 e. The highest BCUT2D eigenvalue weighted by Crippen LogP contribution is 2.16. The minimum absolute atomic E-state index is 0. The van der Waals surface area contributed by atoms with E-state index in [1.54, 1.807) is 0 Å². The van der Waals surface area contributed by atoms with E-state index in [2.05, 4.69) is 51.1 Å². The maximum absolute atomic E-state index is 2.34. The fourth-order valence-electron chi connectivity index (χ4n) is 2.69. The minimum atomic E-state index is 0. The fourth-order valence-corrected chi connectivity index (χ4v) is 2.69. The van der Waals surface area contributed by atoms with Crippen LogP contribution < -0.4 is 0 Å². The summed E-state index contributed by atoms with van der Waals surface area (Å²) in [6.45, 7) is 12.0. The average molecular weight is 265 g/mol. The Kier molecular flexibility index (Phi) is 9.54. The summed E-state index contributed by atoms with van der Waals surface area (Å²) in [5, 5.41) is 0. The van der Waals surface area contributed by atoms with E-state index in [1.165, 1.54) is 61.9 Å². The van der Waals surface area contributed by atoms with E-state index in [9.17, 15) is 0 Å². The molecule has 0 saturated heterocycles. The summed E-state index contributed by atoms with van der Waals surface area (Å²) in [4.78, 5) is 0. The standard InChI is InChI=1S/C17H30N.H2O/c1-4-7-8-12-15-18(5-2,6-3)16-17-13-10-9-11-14-17;/h9-11,13-14H,4-8,12,15-16H2,1-3H3;1H2/q+1;/p-1. The average Bonchev–Trinajstić information content (AvgIpc) is 2.43. The molecule has 110 valence electrons. The fraction of sp³-hybridized carbons (Fsp3) is 0.647. The van der Waals surface area contributed by atoms with Crippen LogP contribution in [0.2, 0.25) is 0 Å². The summed E-state index contributed by atoms with van der Waals surface area (Å²) >= 11 is 0. The van der Waals surface area contributed by atoms with Gasteiger partial charge in [-0.2, -0.15) is 0 Å². The van der Waals surface area contributed by atoms with Gasteiger partial charge in [0.15, 0.2) is 0 Å². The van der Waals surface area contributed by atoms with Gasteiger partial charge in [0.2, 0.25) is 0 Å². The van der Waals surface area contributed by atoms with Crippen molar-refractivity contribution < 1.29 is 9.96 Å². The Hall–Kier alpha value is -0.860. The highest BCUT2D eigenvalue weighted by atomic mass is 16.0. The number of unbranched alkanes of at least 4 members (excludes halogenated alkanes) is 3. The molecular weight excluding hydrogens is 234 g/mol. The van der Waals surface area contributed by atoms with E-state index < -0.39 is 0 Å². The lowest BCUT2D eigenvalue weighted by atomic mass is 10.1. The summed E-state index contributed by atoms with van der Waals surface area (Å²) in [5.74, 6) is 0. The first-order valence-electron chi connectivity index (χ1n) is 7.65. The van der Waals surface area contributed by atoms with Crippen LogP contribution in [0, 0.1) is 0 Å². The van der Waals surface area contributed by atoms with Gasteiger partial charge in [-0.05, 0) is 26.7 Å². The van der Waals surface area contributed by atoms with Crippen LogP contribution in [0.3, 0.4) is 0 Å². The van der Waals surface area contributed by atoms with Gasteiger partial charge in [-0.3, -0.25) is 0 Å². The van der Waals surface area contributed by atoms with Crippen molar-refractivity contribution in [3.8, 4) is 0 Å². The summed E-state index contributed by atoms with van der Waals surface area (Å²) in [7, 11) is 0. The number of hydrogen-bond acceptors (Lipinski definition) is 1. The van der Waals surface area contributed by atoms with Crippen LogP contribution in [0.1, 0.15) is 52.0 Å². The molecule has 0 fully saturated rings. The Morgan fingerprint density at radius 1 is 0.842 bits per heavy atom. The quantitative estimate of drug-likeness (QED) is 0.479. The molecule has 2 nitrogen and oxygen atoms in total. The molecule has 1 rings (SSSR count). The van der Waals surface area contributed by atoms with Gasteiger partial charge in [0.05, 0.1) is 19.6 Å². The van der Waals surface area contributed by atoms with E-state index in [0.29, 0.717) is 0 Å². The zero-order chi connectivity index (χ0) is 13.3. The van der Waals surface area contributed by atoms with Crippen molar-refractivity contribution in [2.75, 3.05) is 19.6 Å². The molecule has 0 bridgehead atoms. The Morgan fingerprint density at radius 3 is 2.00 bits per heavy atom. The molecule has 0 aliphatic rings. The van der Waals surface area contributed by atoms with Gasteiger partial charge in [0.25, 0.3) is 0 Å². The maximum atomic E-state index is 2.34. The molecule has 2 heteroatoms. The third-order valence-electron chi connectivity index (χ3n) is 4.19. The van der Waals surface area contributed by atoms with Crippen LogP contribution in [0.4, 0.5) is 0 Å². The SMILES string of the molecule is CCCCCC[N+](CC)(CC)Cc1ccccc1.[OH-]. The monoisotopic (exact) mass is 265 g/mol. The lowest BCUT2D eigenvalue weighted by Crippen LogP contribution is -2.47. The molecule has 0 aliphatic carbocycles. The summed E-state index contributed by atoms with van der Waals surface area (Å²) in [6, 6.07) is 11.0. The van der Waals surface area contributed by atoms with Gasteiger partial charge >= 0.3 is 0 Å². The minimum Gasteiger partial charge on any atom is -0.870 e. The molecule has 0 atom stereocenters. The van der Waals surface area contributed by atoms with Crippen molar-refractivity contribution in [1.29, 1.82) is 0 Å².